The van der Waals surface area contributed by atoms with Crippen molar-refractivity contribution in [2.75, 3.05) is 0 Å². The Morgan fingerprint density at radius 3 is 2.17 bits per heavy atom. The number of aromatic hydroxyl groups is 1. The van der Waals surface area contributed by atoms with E-state index < -0.39 is 68.0 Å². The molecule has 0 amide bonds. The Kier molecular flexibility index (Phi) is 7.56. The number of fused-ring (bicyclic) bond motifs is 2. The van der Waals surface area contributed by atoms with Gasteiger partial charge in [-0.2, -0.15) is 0 Å². The third-order valence-electron chi connectivity index (χ3n) is 5.46. The maximum atomic E-state index is 12.8. The van der Waals surface area contributed by atoms with Gasteiger partial charge in [-0.05, 0) is 0 Å². The fraction of sp³-hybridized carbons (Fsp3) is 0.0833. The van der Waals surface area contributed by atoms with E-state index in [0.29, 0.717) is 25.1 Å². The number of rotatable bonds is 6. The summed E-state index contributed by atoms with van der Waals surface area (Å²) in [4.78, 5) is 47.8. The predicted octanol–water partition coefficient (Wildman–Crippen LogP) is 2.34. The molecule has 1 heterocycles. The Hall–Kier alpha value is -2.79. The number of benzene rings is 3. The average Bonchev–Trinajstić information content (AvgIpc) is 2.81. The van der Waals surface area contributed by atoms with Gasteiger partial charge < -0.3 is 0 Å². The quantitative estimate of drug-likeness (QED) is 0.221. The predicted molar refractivity (Wildman–Crippen MR) is 116 cm³/mol. The molecular weight excluding hydrogens is 833 g/mol. The summed E-state index contributed by atoms with van der Waals surface area (Å²) in [5.41, 5.74) is 1.28. The molecule has 0 aromatic heterocycles. The van der Waals surface area contributed by atoms with Crippen LogP contribution in [-0.2, 0) is 64.9 Å². The first-order valence-corrected chi connectivity index (χ1v) is 20.5. The molecule has 2 aromatic rings. The van der Waals surface area contributed by atoms with E-state index >= 15 is 0 Å². The fourth-order valence-corrected chi connectivity index (χ4v) is 11.7. The van der Waals surface area contributed by atoms with Gasteiger partial charge in [0.15, 0.2) is 0 Å². The first-order valence-electron chi connectivity index (χ1n) is 10.5. The zero-order valence-corrected chi connectivity index (χ0v) is 29.8. The van der Waals surface area contributed by atoms with Gasteiger partial charge in [0.05, 0.1) is 0 Å². The molecule has 0 bridgehead atoms. The minimum atomic E-state index is -2.74. The zero-order chi connectivity index (χ0) is 25.3. The van der Waals surface area contributed by atoms with Gasteiger partial charge in [0.25, 0.3) is 0 Å². The van der Waals surface area contributed by atoms with Crippen LogP contribution in [0.1, 0.15) is 24.2 Å². The van der Waals surface area contributed by atoms with E-state index in [1.807, 2.05) is 0 Å². The molecule has 1 aliphatic heterocycles. The molecule has 0 spiro atoms. The van der Waals surface area contributed by atoms with Gasteiger partial charge >= 0.3 is 226 Å². The Bertz CT molecular complexity index is 1520. The Balaban J connectivity index is 2.16. The minimum absolute atomic E-state index is 0.0397. The van der Waals surface area contributed by atoms with E-state index in [4.69, 9.17) is 9.71 Å². The SMILES string of the molecule is CC(=O)[O][Hg][c]1c2oc3[c]([Hg][O]C(C)=O)c(O)ccc3c(-c3ccccc3C(=O)O)c-2ccc1=O. The van der Waals surface area contributed by atoms with Crippen LogP contribution < -0.4 is 11.6 Å². The summed E-state index contributed by atoms with van der Waals surface area (Å²) in [5, 5.41) is 20.9. The molecule has 2 N–H and O–H groups in total. The number of carbonyl (C=O) groups is 3. The van der Waals surface area contributed by atoms with E-state index in [2.05, 4.69) is 0 Å². The van der Waals surface area contributed by atoms with Crippen molar-refractivity contribution in [3.8, 4) is 28.2 Å². The van der Waals surface area contributed by atoms with Crippen LogP contribution >= 0.6 is 0 Å². The van der Waals surface area contributed by atoms with Crippen LogP contribution in [0.2, 0.25) is 0 Å². The van der Waals surface area contributed by atoms with Gasteiger partial charge in [-0.3, -0.25) is 0 Å². The summed E-state index contributed by atoms with van der Waals surface area (Å²) in [6, 6.07) is 12.4. The normalized spacial score (nSPS) is 10.5. The number of carboxylic acids is 1. The second-order valence-corrected chi connectivity index (χ2v) is 17.7. The molecule has 2 aromatic carbocycles. The van der Waals surface area contributed by atoms with Crippen molar-refractivity contribution in [1.82, 2.24) is 0 Å². The summed E-state index contributed by atoms with van der Waals surface area (Å²) in [5.74, 6) is -2.03. The van der Waals surface area contributed by atoms with Crippen LogP contribution in [-0.4, -0.2) is 28.1 Å². The molecule has 0 unspecified atom stereocenters. The molecule has 0 saturated carbocycles. The van der Waals surface area contributed by atoms with E-state index in [1.165, 1.54) is 32.0 Å². The Labute approximate surface area is 224 Å². The van der Waals surface area contributed by atoms with Gasteiger partial charge in [0.1, 0.15) is 0 Å². The third-order valence-corrected chi connectivity index (χ3v) is 17.2. The Morgan fingerprint density at radius 2 is 1.51 bits per heavy atom. The van der Waals surface area contributed by atoms with Crippen molar-refractivity contribution in [3.05, 3.63) is 64.3 Å². The average molecular weight is 850 g/mol. The first kappa shape index (κ1) is 25.3. The Morgan fingerprint density at radius 1 is 0.857 bits per heavy atom. The van der Waals surface area contributed by atoms with Crippen molar-refractivity contribution in [2.45, 2.75) is 13.8 Å². The number of phenolic OH excluding ortho intramolecular Hbond substituents is 1. The number of phenols is 1. The zero-order valence-electron chi connectivity index (χ0n) is 18.8. The van der Waals surface area contributed by atoms with Crippen LogP contribution in [0.3, 0.4) is 0 Å². The monoisotopic (exact) mass is 852 g/mol. The van der Waals surface area contributed by atoms with Gasteiger partial charge in [-0.15, -0.1) is 0 Å². The van der Waals surface area contributed by atoms with Crippen LogP contribution in [0.15, 0.2) is 57.7 Å². The van der Waals surface area contributed by atoms with Crippen LogP contribution in [0.25, 0.3) is 33.4 Å². The molecule has 0 radical (unpaired) electrons. The van der Waals surface area contributed by atoms with Gasteiger partial charge in [0, 0.05) is 0 Å². The van der Waals surface area contributed by atoms with E-state index in [-0.39, 0.29) is 31.2 Å². The third kappa shape index (κ3) is 5.11. The van der Waals surface area contributed by atoms with Crippen molar-refractivity contribution < 1.29 is 84.4 Å². The van der Waals surface area contributed by atoms with Crippen LogP contribution in [0.4, 0.5) is 0 Å². The molecule has 0 fully saturated rings. The molecule has 1 aliphatic carbocycles. The molecule has 35 heavy (non-hydrogen) atoms. The topological polar surface area (TPSA) is 140 Å². The van der Waals surface area contributed by atoms with Crippen molar-refractivity contribution >= 4 is 35.0 Å². The second kappa shape index (κ2) is 10.4. The number of hydrogen-bond acceptors (Lipinski definition) is 8. The number of carboxylic acid groups (broad SMARTS) is 1. The summed E-state index contributed by atoms with van der Waals surface area (Å²) in [6.07, 6.45) is 0. The van der Waals surface area contributed by atoms with Crippen molar-refractivity contribution in [1.29, 1.82) is 0 Å². The first-order chi connectivity index (χ1) is 16.7. The van der Waals surface area contributed by atoms with Gasteiger partial charge in [-0.1, -0.05) is 0 Å². The summed E-state index contributed by atoms with van der Waals surface area (Å²) in [7, 11) is 0. The van der Waals surface area contributed by atoms with Gasteiger partial charge in [-0.25, -0.2) is 0 Å². The summed E-state index contributed by atoms with van der Waals surface area (Å²) in [6.45, 7) is 2.54. The molecule has 170 valence electrons. The van der Waals surface area contributed by atoms with Crippen LogP contribution in [0, 0.1) is 0 Å². The second-order valence-electron chi connectivity index (χ2n) is 7.75. The molecule has 4 rings (SSSR count). The number of carbonyl (C=O) groups excluding carboxylic acids is 2. The standard InChI is InChI=1S/C20H10O5.2C2H4O2.2Hg/c21-11-5-7-15-17(9-11)25-18-10-12(22)6-8-16(18)19(15)13-3-1-2-4-14(13)20(23)24;2*1-2(3)4;;/h1-8,21H,(H,23,24);2*1H3,(H,3,4);;/q;;;2*+1/p-2. The summed E-state index contributed by atoms with van der Waals surface area (Å²) >= 11 is -5.43. The van der Waals surface area contributed by atoms with E-state index in [9.17, 15) is 29.4 Å². The van der Waals surface area contributed by atoms with Crippen LogP contribution in [0.5, 0.6) is 5.75 Å². The van der Waals surface area contributed by atoms with E-state index in [0.717, 1.165) is 0 Å². The van der Waals surface area contributed by atoms with Gasteiger partial charge in [0.2, 0.25) is 0 Å². The number of hydrogen-bond donors (Lipinski definition) is 2. The molecular formula is C24H16Hg2O9. The molecule has 9 nitrogen and oxygen atoms in total. The maximum absolute atomic E-state index is 12.8. The van der Waals surface area contributed by atoms with Crippen molar-refractivity contribution in [3.63, 3.8) is 0 Å². The van der Waals surface area contributed by atoms with Crippen molar-refractivity contribution in [2.24, 2.45) is 0 Å². The molecule has 0 atom stereocenters. The molecule has 11 heteroatoms. The number of aromatic carboxylic acids is 1. The summed E-state index contributed by atoms with van der Waals surface area (Å²) < 4.78 is 17.5. The molecule has 0 saturated heterocycles. The molecule has 2 aliphatic rings. The van der Waals surface area contributed by atoms with E-state index in [1.54, 1.807) is 30.3 Å². The fourth-order valence-electron chi connectivity index (χ4n) is 3.90.